The average Bonchev–Trinajstić information content (AvgIpc) is 2.46. The second kappa shape index (κ2) is 6.41. The topological polar surface area (TPSA) is 78.0 Å². The van der Waals surface area contributed by atoms with Gasteiger partial charge in [-0.1, -0.05) is 5.16 Å². The van der Waals surface area contributed by atoms with Crippen molar-refractivity contribution in [1.82, 2.24) is 9.88 Å². The van der Waals surface area contributed by atoms with E-state index in [1.54, 1.807) is 0 Å². The molecule has 0 bridgehead atoms. The van der Waals surface area contributed by atoms with Crippen molar-refractivity contribution in [3.63, 3.8) is 0 Å². The van der Waals surface area contributed by atoms with Crippen molar-refractivity contribution >= 4 is 27.6 Å². The number of aryl methyl sites for hydroxylation is 1. The molecule has 0 amide bonds. The van der Waals surface area contributed by atoms with Crippen LogP contribution in [0.25, 0.3) is 0 Å². The lowest BCUT2D eigenvalue weighted by Gasteiger charge is -2.38. The van der Waals surface area contributed by atoms with E-state index in [1.165, 1.54) is 0 Å². The molecule has 1 aromatic heterocycles. The van der Waals surface area contributed by atoms with Crippen LogP contribution < -0.4 is 10.6 Å². The lowest BCUT2D eigenvalue weighted by atomic mass is 10.2. The number of anilines is 1. The van der Waals surface area contributed by atoms with E-state index >= 15 is 0 Å². The summed E-state index contributed by atoms with van der Waals surface area (Å²) in [7, 11) is 0. The van der Waals surface area contributed by atoms with Crippen molar-refractivity contribution in [2.75, 3.05) is 31.1 Å². The van der Waals surface area contributed by atoms with Crippen LogP contribution in [0.2, 0.25) is 0 Å². The van der Waals surface area contributed by atoms with Crippen molar-refractivity contribution < 1.29 is 5.21 Å². The van der Waals surface area contributed by atoms with E-state index in [0.717, 1.165) is 42.0 Å². The molecule has 0 aromatic carbocycles. The minimum Gasteiger partial charge on any atom is -0.409 e. The highest BCUT2D eigenvalue weighted by molar-refractivity contribution is 9.10. The van der Waals surface area contributed by atoms with Crippen molar-refractivity contribution in [3.05, 3.63) is 22.3 Å². The number of nitrogens with two attached hydrogens (primary N) is 1. The molecule has 1 atom stereocenters. The monoisotopic (exact) mass is 341 g/mol. The zero-order valence-corrected chi connectivity index (χ0v) is 13.3. The Bertz CT molecular complexity index is 500. The first kappa shape index (κ1) is 15.1. The molecule has 2 heterocycles. The van der Waals surface area contributed by atoms with Gasteiger partial charge in [-0.25, -0.2) is 4.98 Å². The number of piperazine rings is 1. The van der Waals surface area contributed by atoms with E-state index in [4.69, 9.17) is 10.9 Å². The molecular weight excluding hydrogens is 322 g/mol. The lowest BCUT2D eigenvalue weighted by molar-refractivity contribution is 0.229. The minimum atomic E-state index is -0.0406. The average molecular weight is 342 g/mol. The number of hydrogen-bond acceptors (Lipinski definition) is 5. The number of pyridine rings is 1. The highest BCUT2D eigenvalue weighted by atomic mass is 79.9. The van der Waals surface area contributed by atoms with E-state index < -0.39 is 0 Å². The van der Waals surface area contributed by atoms with Gasteiger partial charge in [-0.15, -0.1) is 0 Å². The fourth-order valence-corrected chi connectivity index (χ4v) is 2.90. The van der Waals surface area contributed by atoms with Crippen LogP contribution in [0.5, 0.6) is 0 Å². The molecule has 0 aliphatic carbocycles. The number of halogens is 1. The van der Waals surface area contributed by atoms with Crippen LogP contribution in [0.1, 0.15) is 12.5 Å². The maximum Gasteiger partial charge on any atom is 0.156 e. The molecule has 7 heteroatoms. The van der Waals surface area contributed by atoms with E-state index in [0.29, 0.717) is 0 Å². The third-order valence-corrected chi connectivity index (χ3v) is 4.16. The van der Waals surface area contributed by atoms with Gasteiger partial charge in [-0.2, -0.15) is 0 Å². The van der Waals surface area contributed by atoms with Gasteiger partial charge in [0.25, 0.3) is 0 Å². The van der Waals surface area contributed by atoms with E-state index in [9.17, 15) is 0 Å². The SMILES string of the molecule is Cc1cc(Br)cnc1N1CCN(C(C)C(N)=NO)CC1. The first-order valence-corrected chi connectivity index (χ1v) is 7.40. The van der Waals surface area contributed by atoms with Crippen molar-refractivity contribution in [3.8, 4) is 0 Å². The molecule has 20 heavy (non-hydrogen) atoms. The molecule has 0 spiro atoms. The van der Waals surface area contributed by atoms with Gasteiger partial charge in [0.1, 0.15) is 5.82 Å². The lowest BCUT2D eigenvalue weighted by Crippen LogP contribution is -2.53. The van der Waals surface area contributed by atoms with Gasteiger partial charge in [0.05, 0.1) is 6.04 Å². The second-order valence-corrected chi connectivity index (χ2v) is 5.93. The van der Waals surface area contributed by atoms with Gasteiger partial charge in [-0.05, 0) is 41.4 Å². The summed E-state index contributed by atoms with van der Waals surface area (Å²) in [4.78, 5) is 8.98. The number of aromatic nitrogens is 1. The Balaban J connectivity index is 2.01. The number of oxime groups is 1. The summed E-state index contributed by atoms with van der Waals surface area (Å²) in [5.74, 6) is 1.29. The largest absolute Gasteiger partial charge is 0.409 e. The quantitative estimate of drug-likeness (QED) is 0.376. The number of nitrogens with zero attached hydrogens (tertiary/aromatic N) is 4. The van der Waals surface area contributed by atoms with Gasteiger partial charge in [0, 0.05) is 36.8 Å². The van der Waals surface area contributed by atoms with Crippen LogP contribution in [0.4, 0.5) is 5.82 Å². The van der Waals surface area contributed by atoms with Crippen LogP contribution in [-0.2, 0) is 0 Å². The summed E-state index contributed by atoms with van der Waals surface area (Å²) in [6.45, 7) is 7.53. The third kappa shape index (κ3) is 3.21. The highest BCUT2D eigenvalue weighted by Crippen LogP contribution is 2.22. The predicted molar refractivity (Wildman–Crippen MR) is 83.3 cm³/mol. The molecule has 0 saturated carbocycles. The van der Waals surface area contributed by atoms with Crippen molar-refractivity contribution in [1.29, 1.82) is 0 Å². The molecule has 1 aliphatic heterocycles. The number of hydrogen-bond donors (Lipinski definition) is 2. The first-order valence-electron chi connectivity index (χ1n) is 6.61. The molecule has 1 fully saturated rings. The highest BCUT2D eigenvalue weighted by Gasteiger charge is 2.24. The first-order chi connectivity index (χ1) is 9.52. The smallest absolute Gasteiger partial charge is 0.156 e. The fourth-order valence-electron chi connectivity index (χ4n) is 2.46. The van der Waals surface area contributed by atoms with Gasteiger partial charge in [0.2, 0.25) is 0 Å². The molecule has 1 unspecified atom stereocenters. The van der Waals surface area contributed by atoms with Crippen molar-refractivity contribution in [2.24, 2.45) is 10.9 Å². The van der Waals surface area contributed by atoms with Crippen LogP contribution in [0.3, 0.4) is 0 Å². The van der Waals surface area contributed by atoms with Crippen LogP contribution in [0.15, 0.2) is 21.9 Å². The maximum atomic E-state index is 8.74. The molecule has 0 radical (unpaired) electrons. The minimum absolute atomic E-state index is 0.0406. The molecule has 2 rings (SSSR count). The maximum absolute atomic E-state index is 8.74. The Hall–Kier alpha value is -1.34. The predicted octanol–water partition coefficient (Wildman–Crippen LogP) is 1.41. The van der Waals surface area contributed by atoms with Gasteiger partial charge in [-0.3, -0.25) is 4.90 Å². The molecule has 1 aromatic rings. The normalized spacial score (nSPS) is 19.1. The van der Waals surface area contributed by atoms with Gasteiger partial charge < -0.3 is 15.8 Å². The van der Waals surface area contributed by atoms with E-state index in [-0.39, 0.29) is 11.9 Å². The Morgan fingerprint density at radius 2 is 2.10 bits per heavy atom. The van der Waals surface area contributed by atoms with E-state index in [2.05, 4.69) is 48.9 Å². The van der Waals surface area contributed by atoms with Crippen LogP contribution in [0, 0.1) is 6.92 Å². The molecule has 1 aliphatic rings. The van der Waals surface area contributed by atoms with E-state index in [1.807, 2.05) is 13.1 Å². The summed E-state index contributed by atoms with van der Waals surface area (Å²) in [6, 6.07) is 2.04. The van der Waals surface area contributed by atoms with Gasteiger partial charge in [0.15, 0.2) is 5.84 Å². The fraction of sp³-hybridized carbons (Fsp3) is 0.538. The Morgan fingerprint density at radius 3 is 2.65 bits per heavy atom. The second-order valence-electron chi connectivity index (χ2n) is 5.02. The third-order valence-electron chi connectivity index (χ3n) is 3.72. The summed E-state index contributed by atoms with van der Waals surface area (Å²) in [5, 5.41) is 11.8. The summed E-state index contributed by atoms with van der Waals surface area (Å²) in [5.41, 5.74) is 6.83. The Kier molecular flexibility index (Phi) is 4.82. The van der Waals surface area contributed by atoms with Crippen LogP contribution >= 0.6 is 15.9 Å². The summed E-state index contributed by atoms with van der Waals surface area (Å²) in [6.07, 6.45) is 1.83. The number of amidine groups is 1. The number of rotatable bonds is 3. The molecule has 110 valence electrons. The molecule has 3 N–H and O–H groups in total. The molecular formula is C13H20BrN5O. The standard InChI is InChI=1S/C13H20BrN5O/c1-9-7-11(14)8-16-13(9)19-5-3-18(4-6-19)10(2)12(15)17-20/h7-8,10,20H,3-6H2,1-2H3,(H2,15,17). The summed E-state index contributed by atoms with van der Waals surface area (Å²) < 4.78 is 0.998. The molecule has 6 nitrogen and oxygen atoms in total. The van der Waals surface area contributed by atoms with Crippen molar-refractivity contribution in [2.45, 2.75) is 19.9 Å². The van der Waals surface area contributed by atoms with Gasteiger partial charge >= 0.3 is 0 Å². The Labute approximate surface area is 127 Å². The Morgan fingerprint density at radius 1 is 1.45 bits per heavy atom. The zero-order chi connectivity index (χ0) is 14.7. The van der Waals surface area contributed by atoms with Crippen LogP contribution in [-0.4, -0.2) is 53.1 Å². The summed E-state index contributed by atoms with van der Waals surface area (Å²) >= 11 is 3.43. The zero-order valence-electron chi connectivity index (χ0n) is 11.8. The molecule has 1 saturated heterocycles.